The van der Waals surface area contributed by atoms with Crippen molar-refractivity contribution in [2.75, 3.05) is 24.4 Å². The van der Waals surface area contributed by atoms with E-state index in [9.17, 15) is 9.59 Å². The summed E-state index contributed by atoms with van der Waals surface area (Å²) in [5.41, 5.74) is 2.15. The average Bonchev–Trinajstić information content (AvgIpc) is 2.84. The lowest BCUT2D eigenvalue weighted by molar-refractivity contribution is -0.125. The van der Waals surface area contributed by atoms with Crippen LogP contribution < -0.4 is 19.7 Å². The molecule has 0 spiro atoms. The Kier molecular flexibility index (Phi) is 6.35. The topological polar surface area (TPSA) is 80.8 Å². The summed E-state index contributed by atoms with van der Waals surface area (Å²) in [4.78, 5) is 32.3. The van der Waals surface area contributed by atoms with Gasteiger partial charge in [0.15, 0.2) is 0 Å². The Morgan fingerprint density at radius 2 is 1.72 bits per heavy atom. The number of nitrogens with one attached hydrogen (secondary N) is 1. The van der Waals surface area contributed by atoms with E-state index in [2.05, 4.69) is 10.3 Å². The molecule has 0 aliphatic carbocycles. The van der Waals surface area contributed by atoms with Gasteiger partial charge in [0.05, 0.1) is 26.2 Å². The van der Waals surface area contributed by atoms with Gasteiger partial charge in [0.1, 0.15) is 11.5 Å². The molecule has 1 aromatic heterocycles. The van der Waals surface area contributed by atoms with Crippen LogP contribution in [0.4, 0.5) is 11.4 Å². The third kappa shape index (κ3) is 4.27. The van der Waals surface area contributed by atoms with Gasteiger partial charge in [-0.05, 0) is 48.9 Å². The first kappa shape index (κ1) is 21.4. The molecular formula is C25H25N3O4. The third-order valence-electron chi connectivity index (χ3n) is 5.69. The first-order chi connectivity index (χ1) is 15.6. The SMILES string of the molecule is COc1ccc(N2C(=O)CC[C@@H](C(=O)Nc3ccncc3)[C@H]2c2ccccc2OC)cc1. The summed E-state index contributed by atoms with van der Waals surface area (Å²) < 4.78 is 10.9. The van der Waals surface area contributed by atoms with Crippen LogP contribution in [0.2, 0.25) is 0 Å². The van der Waals surface area contributed by atoms with Gasteiger partial charge in [0, 0.05) is 35.8 Å². The van der Waals surface area contributed by atoms with E-state index < -0.39 is 12.0 Å². The molecule has 0 unspecified atom stereocenters. The van der Waals surface area contributed by atoms with E-state index in [0.29, 0.717) is 29.3 Å². The van der Waals surface area contributed by atoms with Crippen LogP contribution in [0.3, 0.4) is 0 Å². The molecule has 1 saturated heterocycles. The fourth-order valence-electron chi connectivity index (χ4n) is 4.15. The molecule has 0 radical (unpaired) electrons. The van der Waals surface area contributed by atoms with Gasteiger partial charge in [-0.1, -0.05) is 18.2 Å². The molecule has 1 fully saturated rings. The molecule has 7 nitrogen and oxygen atoms in total. The molecule has 2 amide bonds. The first-order valence-electron chi connectivity index (χ1n) is 10.4. The Balaban J connectivity index is 1.77. The maximum Gasteiger partial charge on any atom is 0.229 e. The second-order valence-corrected chi connectivity index (χ2v) is 7.52. The number of rotatable bonds is 6. The highest BCUT2D eigenvalue weighted by molar-refractivity contribution is 6.00. The number of para-hydroxylation sites is 1. The minimum Gasteiger partial charge on any atom is -0.497 e. The minimum absolute atomic E-state index is 0.0426. The van der Waals surface area contributed by atoms with Crippen LogP contribution in [0.15, 0.2) is 73.1 Å². The second-order valence-electron chi connectivity index (χ2n) is 7.52. The molecular weight excluding hydrogens is 406 g/mol. The van der Waals surface area contributed by atoms with Crippen LogP contribution in [-0.2, 0) is 9.59 Å². The van der Waals surface area contributed by atoms with Crippen molar-refractivity contribution in [2.24, 2.45) is 5.92 Å². The first-order valence-corrected chi connectivity index (χ1v) is 10.4. The Labute approximate surface area is 187 Å². The second kappa shape index (κ2) is 9.51. The molecule has 1 N–H and O–H groups in total. The minimum atomic E-state index is -0.525. The highest BCUT2D eigenvalue weighted by atomic mass is 16.5. The lowest BCUT2D eigenvalue weighted by Crippen LogP contribution is -2.47. The van der Waals surface area contributed by atoms with Gasteiger partial charge in [0.2, 0.25) is 11.8 Å². The van der Waals surface area contributed by atoms with Crippen molar-refractivity contribution in [3.63, 3.8) is 0 Å². The summed E-state index contributed by atoms with van der Waals surface area (Å²) in [7, 11) is 3.19. The molecule has 32 heavy (non-hydrogen) atoms. The molecule has 0 saturated carbocycles. The van der Waals surface area contributed by atoms with Crippen LogP contribution in [0.25, 0.3) is 0 Å². The quantitative estimate of drug-likeness (QED) is 0.632. The number of nitrogens with zero attached hydrogens (tertiary/aromatic N) is 2. The predicted molar refractivity (Wildman–Crippen MR) is 122 cm³/mol. The molecule has 7 heteroatoms. The molecule has 1 aliphatic heterocycles. The summed E-state index contributed by atoms with van der Waals surface area (Å²) in [5.74, 6) is 0.655. The van der Waals surface area contributed by atoms with Crippen molar-refractivity contribution in [2.45, 2.75) is 18.9 Å². The number of benzene rings is 2. The number of pyridine rings is 1. The van der Waals surface area contributed by atoms with Crippen molar-refractivity contribution >= 4 is 23.2 Å². The lowest BCUT2D eigenvalue weighted by atomic mass is 9.82. The standard InChI is InChI=1S/C25H25N3O4/c1-31-19-9-7-18(8-10-19)28-23(29)12-11-21(25(30)27-17-13-15-26-16-14-17)24(28)20-5-3-4-6-22(20)32-2/h3-10,13-16,21,24H,11-12H2,1-2H3,(H,26,27,30)/t21-,24-/m1/s1. The summed E-state index contributed by atoms with van der Waals surface area (Å²) >= 11 is 0. The molecule has 0 bridgehead atoms. The molecule has 4 rings (SSSR count). The van der Waals surface area contributed by atoms with E-state index in [1.165, 1.54) is 0 Å². The highest BCUT2D eigenvalue weighted by Crippen LogP contribution is 2.43. The number of amides is 2. The predicted octanol–water partition coefficient (Wildman–Crippen LogP) is 4.22. The molecule has 164 valence electrons. The Morgan fingerprint density at radius 3 is 2.41 bits per heavy atom. The fourth-order valence-corrected chi connectivity index (χ4v) is 4.15. The average molecular weight is 431 g/mol. The van der Waals surface area contributed by atoms with Crippen molar-refractivity contribution in [1.82, 2.24) is 4.98 Å². The van der Waals surface area contributed by atoms with Gasteiger partial charge in [-0.3, -0.25) is 14.6 Å². The Bertz CT molecular complexity index is 1090. The van der Waals surface area contributed by atoms with Gasteiger partial charge >= 0.3 is 0 Å². The van der Waals surface area contributed by atoms with Gasteiger partial charge in [0.25, 0.3) is 0 Å². The molecule has 2 heterocycles. The molecule has 1 aliphatic rings. The van der Waals surface area contributed by atoms with E-state index in [4.69, 9.17) is 9.47 Å². The zero-order valence-corrected chi connectivity index (χ0v) is 18.0. The molecule has 3 aromatic rings. The van der Waals surface area contributed by atoms with E-state index in [-0.39, 0.29) is 18.2 Å². The van der Waals surface area contributed by atoms with E-state index >= 15 is 0 Å². The van der Waals surface area contributed by atoms with Gasteiger partial charge in [-0.25, -0.2) is 0 Å². The number of carbonyl (C=O) groups is 2. The Hall–Kier alpha value is -3.87. The summed E-state index contributed by atoms with van der Waals surface area (Å²) in [6.07, 6.45) is 3.96. The van der Waals surface area contributed by atoms with Crippen molar-refractivity contribution in [1.29, 1.82) is 0 Å². The summed E-state index contributed by atoms with van der Waals surface area (Å²) in [5, 5.41) is 2.98. The summed E-state index contributed by atoms with van der Waals surface area (Å²) in [6.45, 7) is 0. The number of piperidine rings is 1. The number of ether oxygens (including phenoxy) is 2. The number of methoxy groups -OCH3 is 2. The van der Waals surface area contributed by atoms with Crippen molar-refractivity contribution in [3.05, 3.63) is 78.6 Å². The number of hydrogen-bond acceptors (Lipinski definition) is 5. The maximum atomic E-state index is 13.4. The zero-order valence-electron chi connectivity index (χ0n) is 18.0. The van der Waals surface area contributed by atoms with Gasteiger partial charge < -0.3 is 19.7 Å². The Morgan fingerprint density at radius 1 is 1.00 bits per heavy atom. The lowest BCUT2D eigenvalue weighted by Gasteiger charge is -2.41. The zero-order chi connectivity index (χ0) is 22.5. The number of aromatic nitrogens is 1. The summed E-state index contributed by atoms with van der Waals surface area (Å²) in [6, 6.07) is 17.8. The monoisotopic (exact) mass is 431 g/mol. The van der Waals surface area contributed by atoms with E-state index in [1.807, 2.05) is 48.5 Å². The van der Waals surface area contributed by atoms with Gasteiger partial charge in [-0.2, -0.15) is 0 Å². The van der Waals surface area contributed by atoms with E-state index in [1.54, 1.807) is 43.6 Å². The number of carbonyl (C=O) groups excluding carboxylic acids is 2. The van der Waals surface area contributed by atoms with Crippen LogP contribution in [-0.4, -0.2) is 31.0 Å². The normalized spacial score (nSPS) is 18.2. The third-order valence-corrected chi connectivity index (χ3v) is 5.69. The largest absolute Gasteiger partial charge is 0.497 e. The highest BCUT2D eigenvalue weighted by Gasteiger charge is 2.42. The van der Waals surface area contributed by atoms with Gasteiger partial charge in [-0.15, -0.1) is 0 Å². The number of anilines is 2. The van der Waals surface area contributed by atoms with Crippen LogP contribution >= 0.6 is 0 Å². The molecule has 2 aromatic carbocycles. The van der Waals surface area contributed by atoms with Crippen LogP contribution in [0.1, 0.15) is 24.4 Å². The van der Waals surface area contributed by atoms with E-state index in [0.717, 1.165) is 5.56 Å². The van der Waals surface area contributed by atoms with Crippen LogP contribution in [0, 0.1) is 5.92 Å². The van der Waals surface area contributed by atoms with Crippen LogP contribution in [0.5, 0.6) is 11.5 Å². The number of hydrogen-bond donors (Lipinski definition) is 1. The maximum absolute atomic E-state index is 13.4. The molecule has 2 atom stereocenters. The fraction of sp³-hybridized carbons (Fsp3) is 0.240. The van der Waals surface area contributed by atoms with Crippen molar-refractivity contribution < 1.29 is 19.1 Å². The van der Waals surface area contributed by atoms with Crippen molar-refractivity contribution in [3.8, 4) is 11.5 Å². The smallest absolute Gasteiger partial charge is 0.229 e.